The van der Waals surface area contributed by atoms with Gasteiger partial charge in [-0.15, -0.1) is 0 Å². The standard InChI is InChI=1S/C23H22N2O4/c1-15(25-22(27)17-11-5-6-12-18(17)23(25)28)21(26)24-19-13-7-8-14-20(19)29-16-9-3-2-4-10-16/h2-10,13-15,17-18H,11-12H2,1H3,(H,24,26)/t15-,17?,18?/m0/s1. The first-order valence-corrected chi connectivity index (χ1v) is 9.71. The van der Waals surface area contributed by atoms with Gasteiger partial charge < -0.3 is 10.1 Å². The van der Waals surface area contributed by atoms with Crippen molar-refractivity contribution in [2.45, 2.75) is 25.8 Å². The van der Waals surface area contributed by atoms with Crippen LogP contribution in [-0.4, -0.2) is 28.7 Å². The van der Waals surface area contributed by atoms with E-state index in [4.69, 9.17) is 4.74 Å². The van der Waals surface area contributed by atoms with Crippen LogP contribution in [0.1, 0.15) is 19.8 Å². The molecule has 1 N–H and O–H groups in total. The van der Waals surface area contributed by atoms with Crippen LogP contribution >= 0.6 is 0 Å². The van der Waals surface area contributed by atoms with E-state index in [1.807, 2.05) is 48.6 Å². The van der Waals surface area contributed by atoms with E-state index in [1.54, 1.807) is 25.1 Å². The number of fused-ring (bicyclic) bond motifs is 1. The Morgan fingerprint density at radius 3 is 2.21 bits per heavy atom. The lowest BCUT2D eigenvalue weighted by Gasteiger charge is -2.23. The van der Waals surface area contributed by atoms with Crippen LogP contribution in [0.4, 0.5) is 5.69 Å². The highest BCUT2D eigenvalue weighted by atomic mass is 16.5. The van der Waals surface area contributed by atoms with Crippen molar-refractivity contribution in [2.24, 2.45) is 11.8 Å². The number of amides is 3. The molecule has 1 heterocycles. The zero-order valence-corrected chi connectivity index (χ0v) is 16.1. The number of nitrogens with one attached hydrogen (secondary N) is 1. The van der Waals surface area contributed by atoms with Crippen LogP contribution < -0.4 is 10.1 Å². The van der Waals surface area contributed by atoms with Crippen LogP contribution in [0.5, 0.6) is 11.5 Å². The lowest BCUT2D eigenvalue weighted by atomic mass is 9.85. The molecule has 2 aromatic carbocycles. The second-order valence-corrected chi connectivity index (χ2v) is 7.28. The highest BCUT2D eigenvalue weighted by molar-refractivity contribution is 6.10. The Morgan fingerprint density at radius 1 is 0.966 bits per heavy atom. The van der Waals surface area contributed by atoms with Gasteiger partial charge in [0.05, 0.1) is 17.5 Å². The number of imide groups is 1. The van der Waals surface area contributed by atoms with Gasteiger partial charge in [-0.05, 0) is 44.0 Å². The summed E-state index contributed by atoms with van der Waals surface area (Å²) in [5.41, 5.74) is 0.478. The van der Waals surface area contributed by atoms with E-state index >= 15 is 0 Å². The monoisotopic (exact) mass is 390 g/mol. The van der Waals surface area contributed by atoms with Gasteiger partial charge in [-0.25, -0.2) is 0 Å². The number of para-hydroxylation sites is 3. The van der Waals surface area contributed by atoms with E-state index in [0.717, 1.165) is 4.90 Å². The summed E-state index contributed by atoms with van der Waals surface area (Å²) in [6.07, 6.45) is 4.96. The smallest absolute Gasteiger partial charge is 0.247 e. The summed E-state index contributed by atoms with van der Waals surface area (Å²) < 4.78 is 5.86. The number of rotatable bonds is 5. The molecule has 6 heteroatoms. The van der Waals surface area contributed by atoms with Crippen LogP contribution in [0.2, 0.25) is 0 Å². The van der Waals surface area contributed by atoms with Gasteiger partial charge in [0, 0.05) is 0 Å². The Hall–Kier alpha value is -3.41. The number of likely N-dealkylation sites (tertiary alicyclic amines) is 1. The number of hydrogen-bond donors (Lipinski definition) is 1. The minimum Gasteiger partial charge on any atom is -0.455 e. The summed E-state index contributed by atoms with van der Waals surface area (Å²) in [4.78, 5) is 39.4. The Kier molecular flexibility index (Phi) is 5.16. The zero-order chi connectivity index (χ0) is 20.4. The summed E-state index contributed by atoms with van der Waals surface area (Å²) in [5, 5.41) is 2.80. The molecule has 0 saturated carbocycles. The molecule has 3 atom stereocenters. The van der Waals surface area contributed by atoms with Crippen molar-refractivity contribution < 1.29 is 19.1 Å². The van der Waals surface area contributed by atoms with Gasteiger partial charge in [-0.1, -0.05) is 42.5 Å². The Labute approximate surface area is 169 Å². The molecular weight excluding hydrogens is 368 g/mol. The fourth-order valence-electron chi connectivity index (χ4n) is 3.84. The molecule has 1 fully saturated rings. The average molecular weight is 390 g/mol. The molecule has 2 aliphatic rings. The number of carbonyl (C=O) groups is 3. The molecule has 3 amide bonds. The molecule has 29 heavy (non-hydrogen) atoms. The predicted molar refractivity (Wildman–Crippen MR) is 108 cm³/mol. The van der Waals surface area contributed by atoms with E-state index in [-0.39, 0.29) is 23.7 Å². The van der Waals surface area contributed by atoms with E-state index in [1.165, 1.54) is 0 Å². The summed E-state index contributed by atoms with van der Waals surface area (Å²) in [7, 11) is 0. The molecule has 0 aromatic heterocycles. The second kappa shape index (κ2) is 7.91. The third kappa shape index (κ3) is 3.66. The maximum Gasteiger partial charge on any atom is 0.247 e. The van der Waals surface area contributed by atoms with Crippen molar-refractivity contribution in [3.63, 3.8) is 0 Å². The second-order valence-electron chi connectivity index (χ2n) is 7.28. The summed E-state index contributed by atoms with van der Waals surface area (Å²) in [6.45, 7) is 1.58. The van der Waals surface area contributed by atoms with Gasteiger partial charge in [-0.2, -0.15) is 0 Å². The van der Waals surface area contributed by atoms with Crippen molar-refractivity contribution >= 4 is 23.4 Å². The summed E-state index contributed by atoms with van der Waals surface area (Å²) >= 11 is 0. The zero-order valence-electron chi connectivity index (χ0n) is 16.1. The van der Waals surface area contributed by atoms with Crippen molar-refractivity contribution in [1.29, 1.82) is 0 Å². The van der Waals surface area contributed by atoms with Gasteiger partial charge in [0.15, 0.2) is 5.75 Å². The fourth-order valence-corrected chi connectivity index (χ4v) is 3.84. The molecule has 0 radical (unpaired) electrons. The molecule has 1 aliphatic carbocycles. The van der Waals surface area contributed by atoms with Crippen LogP contribution in [0.15, 0.2) is 66.7 Å². The molecule has 0 bridgehead atoms. The van der Waals surface area contributed by atoms with Crippen molar-refractivity contribution in [1.82, 2.24) is 4.90 Å². The average Bonchev–Trinajstić information content (AvgIpc) is 3.00. The van der Waals surface area contributed by atoms with Crippen molar-refractivity contribution in [3.05, 3.63) is 66.7 Å². The molecule has 148 valence electrons. The maximum atomic E-state index is 12.9. The quantitative estimate of drug-likeness (QED) is 0.623. The molecule has 2 aromatic rings. The number of hydrogen-bond acceptors (Lipinski definition) is 4. The lowest BCUT2D eigenvalue weighted by molar-refractivity contribution is -0.146. The van der Waals surface area contributed by atoms with Gasteiger partial charge >= 0.3 is 0 Å². The number of ether oxygens (including phenoxy) is 1. The number of benzene rings is 2. The van der Waals surface area contributed by atoms with Crippen LogP contribution in [-0.2, 0) is 14.4 Å². The molecule has 2 unspecified atom stereocenters. The molecule has 6 nitrogen and oxygen atoms in total. The lowest BCUT2D eigenvalue weighted by Crippen LogP contribution is -2.46. The topological polar surface area (TPSA) is 75.7 Å². The Bertz CT molecular complexity index is 944. The largest absolute Gasteiger partial charge is 0.455 e. The van der Waals surface area contributed by atoms with Gasteiger partial charge in [0.2, 0.25) is 17.7 Å². The molecule has 4 rings (SSSR count). The number of allylic oxidation sites excluding steroid dienone is 2. The first-order chi connectivity index (χ1) is 14.1. The normalized spacial score (nSPS) is 21.6. The predicted octanol–water partition coefficient (Wildman–Crippen LogP) is 3.76. The SMILES string of the molecule is C[C@@H](C(=O)Nc1ccccc1Oc1ccccc1)N1C(=O)C2CC=CCC2C1=O. The molecule has 1 saturated heterocycles. The minimum absolute atomic E-state index is 0.263. The minimum atomic E-state index is -0.898. The van der Waals surface area contributed by atoms with E-state index < -0.39 is 11.9 Å². The summed E-state index contributed by atoms with van der Waals surface area (Å²) in [5.74, 6) is -0.531. The van der Waals surface area contributed by atoms with Gasteiger partial charge in [-0.3, -0.25) is 19.3 Å². The van der Waals surface area contributed by atoms with Crippen molar-refractivity contribution in [3.8, 4) is 11.5 Å². The van der Waals surface area contributed by atoms with Crippen LogP contribution in [0.25, 0.3) is 0 Å². The third-order valence-electron chi connectivity index (χ3n) is 5.42. The summed E-state index contributed by atoms with van der Waals surface area (Å²) in [6, 6.07) is 15.4. The Morgan fingerprint density at radius 2 is 1.55 bits per heavy atom. The van der Waals surface area contributed by atoms with Crippen molar-refractivity contribution in [2.75, 3.05) is 5.32 Å². The number of nitrogens with zero attached hydrogens (tertiary/aromatic N) is 1. The highest BCUT2D eigenvalue weighted by Gasteiger charge is 2.50. The first kappa shape index (κ1) is 18.9. The maximum absolute atomic E-state index is 12.9. The molecule has 1 aliphatic heterocycles. The van der Waals surface area contributed by atoms with E-state index in [2.05, 4.69) is 5.32 Å². The Balaban J connectivity index is 1.50. The third-order valence-corrected chi connectivity index (χ3v) is 5.42. The molecular formula is C23H22N2O4. The highest BCUT2D eigenvalue weighted by Crippen LogP contribution is 2.36. The molecule has 0 spiro atoms. The van der Waals surface area contributed by atoms with Gasteiger partial charge in [0.25, 0.3) is 0 Å². The van der Waals surface area contributed by atoms with Gasteiger partial charge in [0.1, 0.15) is 11.8 Å². The number of anilines is 1. The first-order valence-electron chi connectivity index (χ1n) is 9.71. The van der Waals surface area contributed by atoms with E-state index in [0.29, 0.717) is 30.0 Å². The van der Waals surface area contributed by atoms with Crippen LogP contribution in [0.3, 0.4) is 0 Å². The van der Waals surface area contributed by atoms with E-state index in [9.17, 15) is 14.4 Å². The van der Waals surface area contributed by atoms with Crippen LogP contribution in [0, 0.1) is 11.8 Å². The number of carbonyl (C=O) groups excluding carboxylic acids is 3. The fraction of sp³-hybridized carbons (Fsp3) is 0.261.